The number of hydrogen-bond acceptors (Lipinski definition) is 3. The molecule has 1 unspecified atom stereocenters. The van der Waals surface area contributed by atoms with Crippen LogP contribution in [0.2, 0.25) is 0 Å². The van der Waals surface area contributed by atoms with Crippen LogP contribution in [-0.2, 0) is 4.79 Å². The third-order valence-corrected chi connectivity index (χ3v) is 5.15. The van der Waals surface area contributed by atoms with Crippen molar-refractivity contribution in [2.24, 2.45) is 0 Å². The zero-order valence-electron chi connectivity index (χ0n) is 17.3. The first kappa shape index (κ1) is 20.4. The second kappa shape index (κ2) is 8.78. The molecule has 150 valence electrons. The number of nitrogens with one attached hydrogen (secondary N) is 1. The Bertz CT molecular complexity index is 944. The lowest BCUT2D eigenvalue weighted by atomic mass is 9.91. The van der Waals surface area contributed by atoms with Gasteiger partial charge in [-0.2, -0.15) is 0 Å². The lowest BCUT2D eigenvalue weighted by Crippen LogP contribution is -2.47. The Morgan fingerprint density at radius 2 is 1.76 bits per heavy atom. The number of rotatable bonds is 6. The summed E-state index contributed by atoms with van der Waals surface area (Å²) in [6.45, 7) is 4.24. The summed E-state index contributed by atoms with van der Waals surface area (Å²) < 4.78 is 0. The van der Waals surface area contributed by atoms with E-state index in [2.05, 4.69) is 5.32 Å². The van der Waals surface area contributed by atoms with Gasteiger partial charge in [-0.25, -0.2) is 4.79 Å². The van der Waals surface area contributed by atoms with Crippen LogP contribution in [0.3, 0.4) is 0 Å². The molecule has 3 rings (SSSR count). The normalized spacial score (nSPS) is 16.9. The average Bonchev–Trinajstić information content (AvgIpc) is 2.73. The third kappa shape index (κ3) is 4.40. The molecular formula is C24H27N3O2. The van der Waals surface area contributed by atoms with Gasteiger partial charge in [-0.15, -0.1) is 0 Å². The molecule has 0 fully saturated rings. The Morgan fingerprint density at radius 3 is 2.34 bits per heavy atom. The van der Waals surface area contributed by atoms with Crippen molar-refractivity contribution in [2.75, 3.05) is 25.5 Å². The lowest BCUT2D eigenvalue weighted by Gasteiger charge is -2.35. The zero-order chi connectivity index (χ0) is 21.0. The molecule has 2 aromatic carbocycles. The van der Waals surface area contributed by atoms with Crippen LogP contribution < -0.4 is 10.2 Å². The maximum Gasteiger partial charge on any atom is 0.322 e. The van der Waals surface area contributed by atoms with E-state index in [9.17, 15) is 9.59 Å². The third-order valence-electron chi connectivity index (χ3n) is 5.15. The summed E-state index contributed by atoms with van der Waals surface area (Å²) in [5.41, 5.74) is 4.24. The number of amides is 2. The Balaban J connectivity index is 1.93. The smallest absolute Gasteiger partial charge is 0.322 e. The molecule has 0 aliphatic carbocycles. The van der Waals surface area contributed by atoms with E-state index in [0.29, 0.717) is 17.8 Å². The quantitative estimate of drug-likeness (QED) is 0.745. The number of carbonyl (C=O) groups is 2. The highest BCUT2D eigenvalue weighted by Gasteiger charge is 2.33. The summed E-state index contributed by atoms with van der Waals surface area (Å²) in [5, 5.41) is 2.98. The van der Waals surface area contributed by atoms with Gasteiger partial charge in [0.2, 0.25) is 0 Å². The van der Waals surface area contributed by atoms with Crippen molar-refractivity contribution in [3.8, 4) is 0 Å². The Hall–Kier alpha value is -3.34. The van der Waals surface area contributed by atoms with Crippen molar-refractivity contribution >= 4 is 23.6 Å². The molecule has 29 heavy (non-hydrogen) atoms. The second-order valence-corrected chi connectivity index (χ2v) is 7.22. The number of nitrogens with zero attached hydrogens (tertiary/aromatic N) is 2. The maximum absolute atomic E-state index is 13.2. The fourth-order valence-electron chi connectivity index (χ4n) is 3.52. The van der Waals surface area contributed by atoms with Gasteiger partial charge in [0.1, 0.15) is 0 Å². The summed E-state index contributed by atoms with van der Waals surface area (Å²) in [5.74, 6) is -0.105. The minimum Gasteiger partial charge on any atom is -0.378 e. The zero-order valence-corrected chi connectivity index (χ0v) is 17.3. The number of carbonyl (C=O) groups excluding carboxylic acids is 2. The maximum atomic E-state index is 13.2. The molecule has 0 saturated carbocycles. The van der Waals surface area contributed by atoms with Crippen molar-refractivity contribution < 1.29 is 9.59 Å². The van der Waals surface area contributed by atoms with Crippen LogP contribution in [0.15, 0.2) is 71.9 Å². The molecule has 1 heterocycles. The van der Waals surface area contributed by atoms with Gasteiger partial charge < -0.3 is 10.2 Å². The SMILES string of the molecule is CCN1C(=O)NC(c2ccccc2)C(C(=O)/C=C/c2ccc(N(C)C)cc2)=C1C. The first-order valence-corrected chi connectivity index (χ1v) is 9.76. The van der Waals surface area contributed by atoms with E-state index in [1.807, 2.05) is 93.5 Å². The molecule has 0 bridgehead atoms. The number of anilines is 1. The molecule has 1 atom stereocenters. The second-order valence-electron chi connectivity index (χ2n) is 7.22. The highest BCUT2D eigenvalue weighted by molar-refractivity contribution is 6.09. The van der Waals surface area contributed by atoms with Crippen LogP contribution in [-0.4, -0.2) is 37.4 Å². The summed E-state index contributed by atoms with van der Waals surface area (Å²) >= 11 is 0. The number of allylic oxidation sites excluding steroid dienone is 2. The number of urea groups is 1. The minimum atomic E-state index is -0.459. The van der Waals surface area contributed by atoms with E-state index in [0.717, 1.165) is 16.8 Å². The van der Waals surface area contributed by atoms with E-state index in [-0.39, 0.29) is 11.8 Å². The first-order chi connectivity index (χ1) is 13.9. The standard InChI is InChI=1S/C24H27N3O2/c1-5-27-17(2)22(23(25-24(27)29)19-9-7-6-8-10-19)21(28)16-13-18-11-14-20(15-12-18)26(3)4/h6-16,23H,5H2,1-4H3,(H,25,29)/b16-13+. The van der Waals surface area contributed by atoms with E-state index < -0.39 is 6.04 Å². The largest absolute Gasteiger partial charge is 0.378 e. The molecule has 5 nitrogen and oxygen atoms in total. The van der Waals surface area contributed by atoms with Gasteiger partial charge in [0.25, 0.3) is 0 Å². The molecule has 2 amide bonds. The molecule has 0 aromatic heterocycles. The van der Waals surface area contributed by atoms with E-state index >= 15 is 0 Å². The van der Waals surface area contributed by atoms with Crippen LogP contribution in [0.5, 0.6) is 0 Å². The van der Waals surface area contributed by atoms with Crippen molar-refractivity contribution in [2.45, 2.75) is 19.9 Å². The van der Waals surface area contributed by atoms with E-state index in [1.54, 1.807) is 11.0 Å². The van der Waals surface area contributed by atoms with Gasteiger partial charge in [-0.1, -0.05) is 48.5 Å². The van der Waals surface area contributed by atoms with E-state index in [4.69, 9.17) is 0 Å². The molecule has 0 radical (unpaired) electrons. The molecule has 1 N–H and O–H groups in total. The first-order valence-electron chi connectivity index (χ1n) is 9.76. The van der Waals surface area contributed by atoms with Crippen LogP contribution >= 0.6 is 0 Å². The van der Waals surface area contributed by atoms with Crippen LogP contribution in [0, 0.1) is 0 Å². The summed E-state index contributed by atoms with van der Waals surface area (Å²) in [4.78, 5) is 29.3. The van der Waals surface area contributed by atoms with Crippen molar-refractivity contribution in [3.63, 3.8) is 0 Å². The molecule has 1 aliphatic rings. The predicted molar refractivity (Wildman–Crippen MR) is 118 cm³/mol. The predicted octanol–water partition coefficient (Wildman–Crippen LogP) is 4.40. The van der Waals surface area contributed by atoms with Crippen LogP contribution in [0.1, 0.15) is 31.0 Å². The monoisotopic (exact) mass is 389 g/mol. The Labute approximate surface area is 172 Å². The van der Waals surface area contributed by atoms with Gasteiger partial charge in [-0.3, -0.25) is 9.69 Å². The Kier molecular flexibility index (Phi) is 6.17. The highest BCUT2D eigenvalue weighted by atomic mass is 16.2. The highest BCUT2D eigenvalue weighted by Crippen LogP contribution is 2.31. The molecule has 0 saturated heterocycles. The fraction of sp³-hybridized carbons (Fsp3) is 0.250. The van der Waals surface area contributed by atoms with Crippen molar-refractivity contribution in [1.82, 2.24) is 10.2 Å². The lowest BCUT2D eigenvalue weighted by molar-refractivity contribution is -0.111. The van der Waals surface area contributed by atoms with E-state index in [1.165, 1.54) is 0 Å². The molecule has 1 aliphatic heterocycles. The Morgan fingerprint density at radius 1 is 1.10 bits per heavy atom. The van der Waals surface area contributed by atoms with Gasteiger partial charge in [0, 0.05) is 37.6 Å². The van der Waals surface area contributed by atoms with Crippen LogP contribution in [0.25, 0.3) is 6.08 Å². The number of hydrogen-bond donors (Lipinski definition) is 1. The molecule has 2 aromatic rings. The molecule has 5 heteroatoms. The van der Waals surface area contributed by atoms with Gasteiger partial charge >= 0.3 is 6.03 Å². The van der Waals surface area contributed by atoms with Crippen LogP contribution in [0.4, 0.5) is 10.5 Å². The van der Waals surface area contributed by atoms with Crippen molar-refractivity contribution in [1.29, 1.82) is 0 Å². The number of benzene rings is 2. The van der Waals surface area contributed by atoms with Gasteiger partial charge in [0.05, 0.1) is 6.04 Å². The molecular weight excluding hydrogens is 362 g/mol. The fourth-order valence-corrected chi connectivity index (χ4v) is 3.52. The minimum absolute atomic E-state index is 0.105. The summed E-state index contributed by atoms with van der Waals surface area (Å²) in [6.07, 6.45) is 3.40. The average molecular weight is 389 g/mol. The summed E-state index contributed by atoms with van der Waals surface area (Å²) in [7, 11) is 3.98. The number of ketones is 1. The van der Waals surface area contributed by atoms with Gasteiger partial charge in [0.15, 0.2) is 5.78 Å². The van der Waals surface area contributed by atoms with Crippen molar-refractivity contribution in [3.05, 3.63) is 83.1 Å². The molecule has 0 spiro atoms. The topological polar surface area (TPSA) is 52.7 Å². The summed E-state index contributed by atoms with van der Waals surface area (Å²) in [6, 6.07) is 16.9. The van der Waals surface area contributed by atoms with Gasteiger partial charge in [-0.05, 0) is 43.2 Å².